The molecule has 0 unspecified atom stereocenters. The van der Waals surface area contributed by atoms with E-state index in [-0.39, 0.29) is 24.6 Å². The van der Waals surface area contributed by atoms with E-state index in [1.807, 2.05) is 26.8 Å². The summed E-state index contributed by atoms with van der Waals surface area (Å²) in [5, 5.41) is 15.6. The van der Waals surface area contributed by atoms with Gasteiger partial charge >= 0.3 is 6.09 Å². The molecule has 9 heteroatoms. The van der Waals surface area contributed by atoms with Crippen LogP contribution in [0.15, 0.2) is 36.4 Å². The number of ether oxygens (including phenoxy) is 3. The molecule has 2 amide bonds. The van der Waals surface area contributed by atoms with Crippen LogP contribution in [0, 0.1) is 11.3 Å². The molecule has 0 saturated carbocycles. The first-order chi connectivity index (χ1) is 16.6. The number of nitriles is 1. The third-order valence-corrected chi connectivity index (χ3v) is 5.49. The number of carbonyl (C=O) groups excluding carboxylic acids is 2. The van der Waals surface area contributed by atoms with Crippen LogP contribution in [0.4, 0.5) is 10.5 Å². The SMILES string of the molecule is COc1ccc(CNC(=O)c2cc(C#N)ccc2N[C@H]2CCN(C(=O)OC(C)(C)C)C2)cc1OC. The Morgan fingerprint density at radius 2 is 1.86 bits per heavy atom. The van der Waals surface area contributed by atoms with Crippen molar-refractivity contribution in [3.8, 4) is 17.6 Å². The van der Waals surface area contributed by atoms with Gasteiger partial charge in [-0.1, -0.05) is 6.07 Å². The summed E-state index contributed by atoms with van der Waals surface area (Å²) in [6.07, 6.45) is 0.362. The van der Waals surface area contributed by atoms with Crippen LogP contribution in [-0.2, 0) is 11.3 Å². The molecular formula is C26H32N4O5. The fraction of sp³-hybridized carbons (Fsp3) is 0.423. The van der Waals surface area contributed by atoms with Gasteiger partial charge in [0.2, 0.25) is 0 Å². The molecule has 9 nitrogen and oxygen atoms in total. The Morgan fingerprint density at radius 1 is 1.11 bits per heavy atom. The lowest BCUT2D eigenvalue weighted by Crippen LogP contribution is -2.36. The summed E-state index contributed by atoms with van der Waals surface area (Å²) in [5.41, 5.74) is 1.62. The Kier molecular flexibility index (Phi) is 8.07. The molecule has 0 aliphatic carbocycles. The summed E-state index contributed by atoms with van der Waals surface area (Å²) < 4.78 is 16.0. The van der Waals surface area contributed by atoms with Crippen molar-refractivity contribution in [2.24, 2.45) is 0 Å². The molecule has 1 aliphatic rings. The molecule has 2 aromatic rings. The van der Waals surface area contributed by atoms with E-state index in [4.69, 9.17) is 14.2 Å². The van der Waals surface area contributed by atoms with Crippen molar-refractivity contribution < 1.29 is 23.8 Å². The van der Waals surface area contributed by atoms with Crippen molar-refractivity contribution in [2.45, 2.75) is 45.4 Å². The van der Waals surface area contributed by atoms with Gasteiger partial charge in [-0.25, -0.2) is 4.79 Å². The third-order valence-electron chi connectivity index (χ3n) is 5.49. The molecule has 3 rings (SSSR count). The summed E-state index contributed by atoms with van der Waals surface area (Å²) >= 11 is 0. The van der Waals surface area contributed by atoms with E-state index < -0.39 is 5.60 Å². The molecule has 1 heterocycles. The summed E-state index contributed by atoms with van der Waals surface area (Å²) in [6, 6.07) is 12.4. The highest BCUT2D eigenvalue weighted by Gasteiger charge is 2.30. The molecule has 186 valence electrons. The van der Waals surface area contributed by atoms with Gasteiger partial charge in [-0.2, -0.15) is 5.26 Å². The van der Waals surface area contributed by atoms with Gasteiger partial charge in [0.25, 0.3) is 5.91 Å². The third kappa shape index (κ3) is 6.79. The van der Waals surface area contributed by atoms with E-state index in [2.05, 4.69) is 16.7 Å². The lowest BCUT2D eigenvalue weighted by molar-refractivity contribution is 0.0293. The number of carbonyl (C=O) groups is 2. The predicted molar refractivity (Wildman–Crippen MR) is 132 cm³/mol. The largest absolute Gasteiger partial charge is 0.493 e. The predicted octanol–water partition coefficient (Wildman–Crippen LogP) is 3.93. The molecule has 1 aliphatic heterocycles. The first-order valence-corrected chi connectivity index (χ1v) is 11.4. The average Bonchev–Trinajstić information content (AvgIpc) is 3.30. The number of amides is 2. The van der Waals surface area contributed by atoms with E-state index in [1.165, 1.54) is 0 Å². The van der Waals surface area contributed by atoms with E-state index in [0.29, 0.717) is 47.8 Å². The maximum atomic E-state index is 13.1. The van der Waals surface area contributed by atoms with E-state index in [9.17, 15) is 14.9 Å². The summed E-state index contributed by atoms with van der Waals surface area (Å²) in [6.45, 7) is 6.79. The van der Waals surface area contributed by atoms with Crippen LogP contribution in [0.1, 0.15) is 48.7 Å². The van der Waals surface area contributed by atoms with Crippen molar-refractivity contribution >= 4 is 17.7 Å². The zero-order valence-electron chi connectivity index (χ0n) is 20.8. The first kappa shape index (κ1) is 25.7. The molecular weight excluding hydrogens is 448 g/mol. The minimum Gasteiger partial charge on any atom is -0.493 e. The normalized spacial score (nSPS) is 15.2. The van der Waals surface area contributed by atoms with Crippen molar-refractivity contribution in [1.29, 1.82) is 5.26 Å². The van der Waals surface area contributed by atoms with Crippen LogP contribution in [0.5, 0.6) is 11.5 Å². The summed E-state index contributed by atoms with van der Waals surface area (Å²) in [4.78, 5) is 27.1. The van der Waals surface area contributed by atoms with Crippen LogP contribution >= 0.6 is 0 Å². The monoisotopic (exact) mass is 480 g/mol. The Labute approximate surface area is 206 Å². The zero-order valence-corrected chi connectivity index (χ0v) is 20.8. The minimum atomic E-state index is -0.561. The number of hydrogen-bond donors (Lipinski definition) is 2. The molecule has 2 N–H and O–H groups in total. The van der Waals surface area contributed by atoms with Gasteiger partial charge < -0.3 is 29.7 Å². The minimum absolute atomic E-state index is 0.0483. The molecule has 2 aromatic carbocycles. The number of benzene rings is 2. The number of methoxy groups -OCH3 is 2. The lowest BCUT2D eigenvalue weighted by Gasteiger charge is -2.24. The Hall–Kier alpha value is -3.93. The van der Waals surface area contributed by atoms with Crippen molar-refractivity contribution in [3.63, 3.8) is 0 Å². The van der Waals surface area contributed by atoms with Crippen LogP contribution in [-0.4, -0.2) is 55.9 Å². The molecule has 0 aromatic heterocycles. The molecule has 1 fully saturated rings. The highest BCUT2D eigenvalue weighted by molar-refractivity contribution is 6.00. The van der Waals surface area contributed by atoms with Crippen molar-refractivity contribution in [1.82, 2.24) is 10.2 Å². The fourth-order valence-corrected chi connectivity index (χ4v) is 3.79. The maximum absolute atomic E-state index is 13.1. The molecule has 0 radical (unpaired) electrons. The highest BCUT2D eigenvalue weighted by Crippen LogP contribution is 2.28. The van der Waals surface area contributed by atoms with Gasteiger partial charge in [0.1, 0.15) is 5.60 Å². The van der Waals surface area contributed by atoms with Gasteiger partial charge in [0.05, 0.1) is 31.4 Å². The van der Waals surface area contributed by atoms with Crippen LogP contribution in [0.25, 0.3) is 0 Å². The molecule has 0 bridgehead atoms. The second-order valence-corrected chi connectivity index (χ2v) is 9.30. The van der Waals surface area contributed by atoms with Crippen LogP contribution in [0.2, 0.25) is 0 Å². The number of anilines is 1. The quantitative estimate of drug-likeness (QED) is 0.617. The molecule has 35 heavy (non-hydrogen) atoms. The summed E-state index contributed by atoms with van der Waals surface area (Å²) in [7, 11) is 3.12. The standard InChI is InChI=1S/C26H32N4O5/c1-26(2,3)35-25(32)30-11-10-19(16-30)29-21-8-6-17(14-27)12-20(21)24(31)28-15-18-7-9-22(33-4)23(13-18)34-5/h6-9,12-13,19,29H,10-11,15-16H2,1-5H3,(H,28,31)/t19-/m0/s1. The first-order valence-electron chi connectivity index (χ1n) is 11.4. The van der Waals surface area contributed by atoms with Gasteiger partial charge in [0, 0.05) is 31.4 Å². The van der Waals surface area contributed by atoms with E-state index >= 15 is 0 Å². The second kappa shape index (κ2) is 11.0. The van der Waals surface area contributed by atoms with Crippen molar-refractivity contribution in [2.75, 3.05) is 32.6 Å². The van der Waals surface area contributed by atoms with Crippen LogP contribution in [0.3, 0.4) is 0 Å². The van der Waals surface area contributed by atoms with E-state index in [1.54, 1.807) is 49.5 Å². The molecule has 1 atom stereocenters. The second-order valence-electron chi connectivity index (χ2n) is 9.30. The maximum Gasteiger partial charge on any atom is 0.410 e. The smallest absolute Gasteiger partial charge is 0.410 e. The number of rotatable bonds is 7. The van der Waals surface area contributed by atoms with Gasteiger partial charge in [0.15, 0.2) is 11.5 Å². The Morgan fingerprint density at radius 3 is 2.51 bits per heavy atom. The van der Waals surface area contributed by atoms with Crippen molar-refractivity contribution in [3.05, 3.63) is 53.1 Å². The number of nitrogens with zero attached hydrogens (tertiary/aromatic N) is 2. The number of hydrogen-bond acceptors (Lipinski definition) is 7. The Balaban J connectivity index is 1.70. The van der Waals surface area contributed by atoms with Gasteiger partial charge in [-0.3, -0.25) is 4.79 Å². The highest BCUT2D eigenvalue weighted by atomic mass is 16.6. The topological polar surface area (TPSA) is 113 Å². The van der Waals surface area contributed by atoms with Crippen LogP contribution < -0.4 is 20.1 Å². The fourth-order valence-electron chi connectivity index (χ4n) is 3.79. The van der Waals surface area contributed by atoms with E-state index in [0.717, 1.165) is 5.56 Å². The molecule has 1 saturated heterocycles. The van der Waals surface area contributed by atoms with Gasteiger partial charge in [-0.05, 0) is 63.1 Å². The average molecular weight is 481 g/mol. The number of likely N-dealkylation sites (tertiary alicyclic amines) is 1. The number of nitrogens with one attached hydrogen (secondary N) is 2. The zero-order chi connectivity index (χ0) is 25.6. The summed E-state index contributed by atoms with van der Waals surface area (Å²) in [5.74, 6) is 0.859. The van der Waals surface area contributed by atoms with Gasteiger partial charge in [-0.15, -0.1) is 0 Å². The Bertz CT molecular complexity index is 1120. The molecule has 0 spiro atoms. The lowest BCUT2D eigenvalue weighted by atomic mass is 10.1.